The Morgan fingerprint density at radius 1 is 1.62 bits per heavy atom. The Bertz CT molecular complexity index is 232. The topological polar surface area (TPSA) is 63.8 Å². The van der Waals surface area contributed by atoms with Crippen molar-refractivity contribution >= 4 is 16.5 Å². The highest BCUT2D eigenvalue weighted by Crippen LogP contribution is 2.20. The molecular formula is C8H16N4S. The van der Waals surface area contributed by atoms with Gasteiger partial charge < -0.3 is 11.1 Å². The average molecular weight is 200 g/mol. The van der Waals surface area contributed by atoms with E-state index in [4.69, 9.17) is 5.73 Å². The van der Waals surface area contributed by atoms with Crippen LogP contribution in [0, 0.1) is 5.41 Å². The zero-order valence-electron chi connectivity index (χ0n) is 8.08. The first-order valence-corrected chi connectivity index (χ1v) is 5.22. The van der Waals surface area contributed by atoms with Gasteiger partial charge in [0.25, 0.3) is 0 Å². The smallest absolute Gasteiger partial charge is 0.205 e. The standard InChI is InChI=1S/C8H16N4S/c1-8(2,3-4-9)5-10-7-12-11-6-13-7/h6H,3-5,9H2,1-2H3,(H,10,12). The van der Waals surface area contributed by atoms with Gasteiger partial charge in [0.2, 0.25) is 5.13 Å². The maximum atomic E-state index is 5.51. The van der Waals surface area contributed by atoms with Gasteiger partial charge in [-0.05, 0) is 18.4 Å². The summed E-state index contributed by atoms with van der Waals surface area (Å²) in [7, 11) is 0. The number of hydrogen-bond acceptors (Lipinski definition) is 5. The third-order valence-corrected chi connectivity index (χ3v) is 2.55. The first-order valence-electron chi connectivity index (χ1n) is 4.34. The van der Waals surface area contributed by atoms with Crippen LogP contribution in [-0.2, 0) is 0 Å². The van der Waals surface area contributed by atoms with Gasteiger partial charge in [-0.15, -0.1) is 10.2 Å². The molecule has 5 heteroatoms. The van der Waals surface area contributed by atoms with Crippen LogP contribution in [0.5, 0.6) is 0 Å². The molecule has 0 aliphatic heterocycles. The summed E-state index contributed by atoms with van der Waals surface area (Å²) < 4.78 is 0. The maximum absolute atomic E-state index is 5.51. The fraction of sp³-hybridized carbons (Fsp3) is 0.750. The molecular weight excluding hydrogens is 184 g/mol. The van der Waals surface area contributed by atoms with Gasteiger partial charge in [0, 0.05) is 6.54 Å². The Labute approximate surface area is 82.6 Å². The largest absolute Gasteiger partial charge is 0.360 e. The van der Waals surface area contributed by atoms with E-state index < -0.39 is 0 Å². The van der Waals surface area contributed by atoms with Gasteiger partial charge in [0.1, 0.15) is 5.51 Å². The highest BCUT2D eigenvalue weighted by atomic mass is 32.1. The molecule has 13 heavy (non-hydrogen) atoms. The molecule has 0 aliphatic rings. The Morgan fingerprint density at radius 3 is 2.92 bits per heavy atom. The van der Waals surface area contributed by atoms with Gasteiger partial charge in [-0.3, -0.25) is 0 Å². The second-order valence-corrected chi connectivity index (χ2v) is 4.63. The lowest BCUT2D eigenvalue weighted by atomic mass is 9.89. The van der Waals surface area contributed by atoms with E-state index in [9.17, 15) is 0 Å². The molecule has 4 nitrogen and oxygen atoms in total. The number of rotatable bonds is 5. The molecule has 0 fully saturated rings. The molecule has 0 radical (unpaired) electrons. The zero-order valence-corrected chi connectivity index (χ0v) is 8.90. The Kier molecular flexibility index (Phi) is 3.62. The van der Waals surface area contributed by atoms with E-state index in [0.717, 1.165) is 24.6 Å². The number of hydrogen-bond donors (Lipinski definition) is 2. The first-order chi connectivity index (χ1) is 6.14. The van der Waals surface area contributed by atoms with Gasteiger partial charge in [0.05, 0.1) is 0 Å². The van der Waals surface area contributed by atoms with Gasteiger partial charge in [-0.1, -0.05) is 25.2 Å². The minimum Gasteiger partial charge on any atom is -0.360 e. The monoisotopic (exact) mass is 200 g/mol. The molecule has 0 aliphatic carbocycles. The second-order valence-electron chi connectivity index (χ2n) is 3.80. The van der Waals surface area contributed by atoms with Gasteiger partial charge in [-0.2, -0.15) is 0 Å². The molecule has 1 heterocycles. The van der Waals surface area contributed by atoms with Gasteiger partial charge >= 0.3 is 0 Å². The molecule has 1 aromatic rings. The highest BCUT2D eigenvalue weighted by Gasteiger charge is 2.16. The molecule has 0 amide bonds. The van der Waals surface area contributed by atoms with Crippen LogP contribution in [-0.4, -0.2) is 23.3 Å². The summed E-state index contributed by atoms with van der Waals surface area (Å²) in [6.07, 6.45) is 1.01. The first kappa shape index (κ1) is 10.4. The maximum Gasteiger partial charge on any atom is 0.205 e. The second kappa shape index (κ2) is 4.53. The fourth-order valence-electron chi connectivity index (χ4n) is 1.04. The molecule has 74 valence electrons. The summed E-state index contributed by atoms with van der Waals surface area (Å²) in [6.45, 7) is 5.99. The number of nitrogens with two attached hydrogens (primary N) is 1. The summed E-state index contributed by atoms with van der Waals surface area (Å²) in [4.78, 5) is 0. The van der Waals surface area contributed by atoms with Crippen molar-refractivity contribution in [2.24, 2.45) is 11.1 Å². The molecule has 0 bridgehead atoms. The molecule has 0 unspecified atom stereocenters. The molecule has 0 spiro atoms. The van der Waals surface area contributed by atoms with E-state index in [-0.39, 0.29) is 5.41 Å². The number of nitrogens with one attached hydrogen (secondary N) is 1. The van der Waals surface area contributed by atoms with Crippen molar-refractivity contribution in [2.75, 3.05) is 18.4 Å². The molecule has 1 aromatic heterocycles. The molecule has 3 N–H and O–H groups in total. The Morgan fingerprint density at radius 2 is 2.38 bits per heavy atom. The molecule has 0 atom stereocenters. The number of aromatic nitrogens is 2. The minimum atomic E-state index is 0.223. The van der Waals surface area contributed by atoms with E-state index in [2.05, 4.69) is 29.4 Å². The van der Waals surface area contributed by atoms with Crippen LogP contribution < -0.4 is 11.1 Å². The van der Waals surface area contributed by atoms with E-state index in [1.54, 1.807) is 5.51 Å². The zero-order chi connectivity index (χ0) is 9.73. The Hall–Kier alpha value is -0.680. The SMILES string of the molecule is CC(C)(CCN)CNc1nncs1. The van der Waals surface area contributed by atoms with Crippen molar-refractivity contribution in [3.05, 3.63) is 5.51 Å². The van der Waals surface area contributed by atoms with Crippen LogP contribution in [0.15, 0.2) is 5.51 Å². The van der Waals surface area contributed by atoms with Crippen LogP contribution in [0.1, 0.15) is 20.3 Å². The number of anilines is 1. The molecule has 0 aromatic carbocycles. The average Bonchev–Trinajstić information content (AvgIpc) is 2.52. The van der Waals surface area contributed by atoms with E-state index in [1.807, 2.05) is 0 Å². The molecule has 1 rings (SSSR count). The predicted octanol–water partition coefficient (Wildman–Crippen LogP) is 1.32. The molecule has 0 saturated carbocycles. The predicted molar refractivity (Wildman–Crippen MR) is 55.9 cm³/mol. The van der Waals surface area contributed by atoms with Crippen LogP contribution in [0.4, 0.5) is 5.13 Å². The lowest BCUT2D eigenvalue weighted by Gasteiger charge is -2.23. The lowest BCUT2D eigenvalue weighted by Crippen LogP contribution is -2.26. The van der Waals surface area contributed by atoms with Crippen LogP contribution in [0.2, 0.25) is 0 Å². The van der Waals surface area contributed by atoms with E-state index in [1.165, 1.54) is 11.3 Å². The third kappa shape index (κ3) is 3.69. The van der Waals surface area contributed by atoms with Crippen LogP contribution in [0.25, 0.3) is 0 Å². The van der Waals surface area contributed by atoms with Crippen molar-refractivity contribution < 1.29 is 0 Å². The van der Waals surface area contributed by atoms with Crippen molar-refractivity contribution in [3.8, 4) is 0 Å². The summed E-state index contributed by atoms with van der Waals surface area (Å²) in [5.41, 5.74) is 7.45. The lowest BCUT2D eigenvalue weighted by molar-refractivity contribution is 0.365. The van der Waals surface area contributed by atoms with Crippen molar-refractivity contribution in [1.29, 1.82) is 0 Å². The van der Waals surface area contributed by atoms with Crippen LogP contribution in [0.3, 0.4) is 0 Å². The quantitative estimate of drug-likeness (QED) is 0.752. The number of nitrogens with zero attached hydrogens (tertiary/aromatic N) is 2. The fourth-order valence-corrected chi connectivity index (χ4v) is 1.49. The van der Waals surface area contributed by atoms with Crippen molar-refractivity contribution in [1.82, 2.24) is 10.2 Å². The van der Waals surface area contributed by atoms with E-state index in [0.29, 0.717) is 0 Å². The minimum absolute atomic E-state index is 0.223. The third-order valence-electron chi connectivity index (χ3n) is 1.90. The van der Waals surface area contributed by atoms with Gasteiger partial charge in [0.15, 0.2) is 0 Å². The summed E-state index contributed by atoms with van der Waals surface area (Å²) in [5, 5.41) is 11.8. The summed E-state index contributed by atoms with van der Waals surface area (Å²) in [5.74, 6) is 0. The van der Waals surface area contributed by atoms with Crippen molar-refractivity contribution in [3.63, 3.8) is 0 Å². The van der Waals surface area contributed by atoms with Gasteiger partial charge in [-0.25, -0.2) is 0 Å². The van der Waals surface area contributed by atoms with Crippen molar-refractivity contribution in [2.45, 2.75) is 20.3 Å². The Balaban J connectivity index is 2.33. The van der Waals surface area contributed by atoms with E-state index >= 15 is 0 Å². The normalized spacial score (nSPS) is 11.6. The van der Waals surface area contributed by atoms with Crippen LogP contribution >= 0.6 is 11.3 Å². The molecule has 0 saturated heterocycles. The summed E-state index contributed by atoms with van der Waals surface area (Å²) in [6, 6.07) is 0. The summed E-state index contributed by atoms with van der Waals surface area (Å²) >= 11 is 1.52. The highest BCUT2D eigenvalue weighted by molar-refractivity contribution is 7.13.